The molecular weight excluding hydrogens is 418 g/mol. The molecule has 2 aromatic carbocycles. The van der Waals surface area contributed by atoms with Crippen LogP contribution in [-0.2, 0) is 16.0 Å². The zero-order chi connectivity index (χ0) is 22.4. The second-order valence-electron chi connectivity index (χ2n) is 7.64. The normalized spacial score (nSPS) is 19.5. The molecule has 3 rings (SSSR count). The number of amides is 2. The molecule has 0 radical (unpaired) electrons. The first kappa shape index (κ1) is 22.8. The van der Waals surface area contributed by atoms with E-state index in [4.69, 9.17) is 17.3 Å². The van der Waals surface area contributed by atoms with E-state index in [0.717, 1.165) is 5.56 Å². The number of β-amino-alcohol motifs (C(OH)–C–C–N with tert-alkyl or cyclic N) is 2. The Morgan fingerprint density at radius 3 is 2.52 bits per heavy atom. The SMILES string of the molecule is Nc1ccc(Cl)cc1/C=C/C(=O)N[C@H](CC(=O)N1C[C@@H](O)[C@@H](O)C1)Cc1ccccc1. The quantitative estimate of drug-likeness (QED) is 0.383. The molecule has 1 aliphatic heterocycles. The molecule has 1 heterocycles. The molecule has 1 fully saturated rings. The Morgan fingerprint density at radius 2 is 1.84 bits per heavy atom. The molecule has 1 saturated heterocycles. The Kier molecular flexibility index (Phi) is 7.68. The van der Waals surface area contributed by atoms with Crippen LogP contribution in [0.15, 0.2) is 54.6 Å². The van der Waals surface area contributed by atoms with E-state index < -0.39 is 18.2 Å². The van der Waals surface area contributed by atoms with Crippen LogP contribution >= 0.6 is 11.6 Å². The number of halogens is 1. The number of hydrogen-bond acceptors (Lipinski definition) is 5. The number of anilines is 1. The van der Waals surface area contributed by atoms with E-state index in [1.54, 1.807) is 24.3 Å². The van der Waals surface area contributed by atoms with E-state index in [-0.39, 0.29) is 31.3 Å². The molecule has 0 aromatic heterocycles. The van der Waals surface area contributed by atoms with Gasteiger partial charge >= 0.3 is 0 Å². The molecule has 164 valence electrons. The van der Waals surface area contributed by atoms with Crippen LogP contribution in [0.1, 0.15) is 17.5 Å². The van der Waals surface area contributed by atoms with Gasteiger partial charge in [-0.3, -0.25) is 9.59 Å². The number of aliphatic hydroxyl groups excluding tert-OH is 2. The Balaban J connectivity index is 1.68. The number of nitrogen functional groups attached to an aromatic ring is 1. The Hall–Kier alpha value is -2.87. The maximum atomic E-state index is 12.7. The van der Waals surface area contributed by atoms with Crippen molar-refractivity contribution in [2.45, 2.75) is 31.1 Å². The van der Waals surface area contributed by atoms with Crippen molar-refractivity contribution in [3.05, 3.63) is 70.8 Å². The highest BCUT2D eigenvalue weighted by atomic mass is 35.5. The fourth-order valence-electron chi connectivity index (χ4n) is 3.49. The number of nitrogens with zero attached hydrogens (tertiary/aromatic N) is 1. The summed E-state index contributed by atoms with van der Waals surface area (Å²) < 4.78 is 0. The number of nitrogens with two attached hydrogens (primary N) is 1. The van der Waals surface area contributed by atoms with Gasteiger partial charge in [0.15, 0.2) is 0 Å². The average molecular weight is 444 g/mol. The number of rotatable bonds is 7. The Morgan fingerprint density at radius 1 is 1.16 bits per heavy atom. The van der Waals surface area contributed by atoms with Crippen molar-refractivity contribution in [3.8, 4) is 0 Å². The van der Waals surface area contributed by atoms with Gasteiger partial charge in [-0.2, -0.15) is 0 Å². The molecule has 2 amide bonds. The lowest BCUT2D eigenvalue weighted by atomic mass is 10.0. The van der Waals surface area contributed by atoms with Crippen molar-refractivity contribution < 1.29 is 19.8 Å². The Labute approximate surface area is 186 Å². The third kappa shape index (κ3) is 6.55. The molecule has 0 bridgehead atoms. The van der Waals surface area contributed by atoms with E-state index in [2.05, 4.69) is 5.32 Å². The summed E-state index contributed by atoms with van der Waals surface area (Å²) in [4.78, 5) is 26.6. The van der Waals surface area contributed by atoms with Crippen LogP contribution in [0.25, 0.3) is 6.08 Å². The van der Waals surface area contributed by atoms with Crippen molar-refractivity contribution >= 4 is 35.2 Å². The summed E-state index contributed by atoms with van der Waals surface area (Å²) in [5, 5.41) is 22.8. The number of nitrogens with one attached hydrogen (secondary N) is 1. The van der Waals surface area contributed by atoms with Crippen molar-refractivity contribution in [2.75, 3.05) is 18.8 Å². The van der Waals surface area contributed by atoms with Gasteiger partial charge in [-0.05, 0) is 41.8 Å². The van der Waals surface area contributed by atoms with Gasteiger partial charge < -0.3 is 26.2 Å². The lowest BCUT2D eigenvalue weighted by Crippen LogP contribution is -2.41. The summed E-state index contributed by atoms with van der Waals surface area (Å²) >= 11 is 5.98. The van der Waals surface area contributed by atoms with Crippen molar-refractivity contribution in [2.24, 2.45) is 0 Å². The molecule has 7 nitrogen and oxygen atoms in total. The van der Waals surface area contributed by atoms with E-state index in [0.29, 0.717) is 22.7 Å². The molecule has 0 unspecified atom stereocenters. The summed E-state index contributed by atoms with van der Waals surface area (Å²) in [7, 11) is 0. The second kappa shape index (κ2) is 10.4. The van der Waals surface area contributed by atoms with Crippen molar-refractivity contribution in [3.63, 3.8) is 0 Å². The molecule has 5 N–H and O–H groups in total. The minimum atomic E-state index is -0.947. The number of aliphatic hydroxyl groups is 2. The van der Waals surface area contributed by atoms with Crippen LogP contribution in [0.2, 0.25) is 5.02 Å². The molecule has 3 atom stereocenters. The van der Waals surface area contributed by atoms with Crippen LogP contribution in [0, 0.1) is 0 Å². The first-order chi connectivity index (χ1) is 14.8. The van der Waals surface area contributed by atoms with Gasteiger partial charge in [-0.25, -0.2) is 0 Å². The minimum Gasteiger partial charge on any atom is -0.398 e. The summed E-state index contributed by atoms with van der Waals surface area (Å²) in [6.07, 6.45) is 1.55. The molecule has 8 heteroatoms. The fraction of sp³-hybridized carbons (Fsp3) is 0.304. The fourth-order valence-corrected chi connectivity index (χ4v) is 3.67. The lowest BCUT2D eigenvalue weighted by molar-refractivity contribution is -0.131. The summed E-state index contributed by atoms with van der Waals surface area (Å²) in [5.74, 6) is -0.602. The highest BCUT2D eigenvalue weighted by molar-refractivity contribution is 6.30. The van der Waals surface area contributed by atoms with E-state index >= 15 is 0 Å². The van der Waals surface area contributed by atoms with Crippen molar-refractivity contribution in [1.82, 2.24) is 10.2 Å². The number of hydrogen-bond donors (Lipinski definition) is 4. The smallest absolute Gasteiger partial charge is 0.244 e. The summed E-state index contributed by atoms with van der Waals surface area (Å²) in [6.45, 7) is 0.167. The van der Waals surface area contributed by atoms with Gasteiger partial charge in [0.2, 0.25) is 11.8 Å². The zero-order valence-electron chi connectivity index (χ0n) is 16.9. The molecule has 0 aliphatic carbocycles. The molecule has 2 aromatic rings. The zero-order valence-corrected chi connectivity index (χ0v) is 17.7. The lowest BCUT2D eigenvalue weighted by Gasteiger charge is -2.22. The first-order valence-electron chi connectivity index (χ1n) is 10.0. The molecule has 0 spiro atoms. The largest absolute Gasteiger partial charge is 0.398 e. The number of benzene rings is 2. The number of carbonyl (C=O) groups excluding carboxylic acids is 2. The van der Waals surface area contributed by atoms with Gasteiger partial charge in [0.1, 0.15) is 0 Å². The number of likely N-dealkylation sites (tertiary alicyclic amines) is 1. The standard InChI is InChI=1S/C23H26ClN3O4/c24-17-7-8-19(25)16(11-17)6-9-22(30)26-18(10-15-4-2-1-3-5-15)12-23(31)27-13-20(28)21(29)14-27/h1-9,11,18,20-21,28-29H,10,12-14,25H2,(H,26,30)/b9-6+/t18-,20-,21+/m0/s1. The predicted molar refractivity (Wildman–Crippen MR) is 120 cm³/mol. The average Bonchev–Trinajstić information content (AvgIpc) is 3.08. The first-order valence-corrected chi connectivity index (χ1v) is 10.4. The predicted octanol–water partition coefficient (Wildman–Crippen LogP) is 1.62. The van der Waals surface area contributed by atoms with E-state index in [1.807, 2.05) is 30.3 Å². The molecule has 0 saturated carbocycles. The Bertz CT molecular complexity index is 941. The number of carbonyl (C=O) groups is 2. The van der Waals surface area contributed by atoms with Crippen molar-refractivity contribution in [1.29, 1.82) is 0 Å². The topological polar surface area (TPSA) is 116 Å². The van der Waals surface area contributed by atoms with Crippen LogP contribution in [0.3, 0.4) is 0 Å². The van der Waals surface area contributed by atoms with E-state index in [1.165, 1.54) is 11.0 Å². The van der Waals surface area contributed by atoms with Crippen LogP contribution in [0.5, 0.6) is 0 Å². The highest BCUT2D eigenvalue weighted by Crippen LogP contribution is 2.19. The second-order valence-corrected chi connectivity index (χ2v) is 8.08. The third-order valence-corrected chi connectivity index (χ3v) is 5.40. The monoisotopic (exact) mass is 443 g/mol. The highest BCUT2D eigenvalue weighted by Gasteiger charge is 2.33. The van der Waals surface area contributed by atoms with Gasteiger partial charge in [-0.1, -0.05) is 41.9 Å². The van der Waals surface area contributed by atoms with Crippen LogP contribution in [-0.4, -0.2) is 58.3 Å². The summed E-state index contributed by atoms with van der Waals surface area (Å²) in [6, 6.07) is 14.1. The molecule has 1 aliphatic rings. The minimum absolute atomic E-state index is 0.0488. The molecule has 31 heavy (non-hydrogen) atoms. The van der Waals surface area contributed by atoms with Crippen LogP contribution < -0.4 is 11.1 Å². The van der Waals surface area contributed by atoms with Gasteiger partial charge in [0.05, 0.1) is 12.2 Å². The van der Waals surface area contributed by atoms with Crippen LogP contribution in [0.4, 0.5) is 5.69 Å². The van der Waals surface area contributed by atoms with Gasteiger partial charge in [-0.15, -0.1) is 0 Å². The van der Waals surface area contributed by atoms with E-state index in [9.17, 15) is 19.8 Å². The maximum Gasteiger partial charge on any atom is 0.244 e. The van der Waals surface area contributed by atoms with Gasteiger partial charge in [0, 0.05) is 42.3 Å². The summed E-state index contributed by atoms with van der Waals surface area (Å²) in [5.41, 5.74) is 8.00. The third-order valence-electron chi connectivity index (χ3n) is 5.17. The molecular formula is C23H26ClN3O4. The van der Waals surface area contributed by atoms with Gasteiger partial charge in [0.25, 0.3) is 0 Å². The maximum absolute atomic E-state index is 12.7.